The van der Waals surface area contributed by atoms with Crippen LogP contribution in [0, 0.1) is 6.92 Å². The van der Waals surface area contributed by atoms with Crippen molar-refractivity contribution in [2.24, 2.45) is 0 Å². The van der Waals surface area contributed by atoms with Gasteiger partial charge in [-0.25, -0.2) is 0 Å². The first kappa shape index (κ1) is 24.8. The zero-order chi connectivity index (χ0) is 24.1. The molecule has 1 saturated heterocycles. The van der Waals surface area contributed by atoms with Gasteiger partial charge in [-0.3, -0.25) is 9.88 Å². The van der Waals surface area contributed by atoms with Crippen LogP contribution in [-0.4, -0.2) is 59.5 Å². The van der Waals surface area contributed by atoms with E-state index >= 15 is 0 Å². The van der Waals surface area contributed by atoms with Crippen LogP contribution in [0.5, 0.6) is 5.75 Å². The van der Waals surface area contributed by atoms with Gasteiger partial charge in [0.1, 0.15) is 12.4 Å². The molecule has 0 amide bonds. The molecule has 3 aromatic rings. The number of aromatic nitrogens is 1. The number of anilines is 1. The highest BCUT2D eigenvalue weighted by atomic mass is 35.5. The molecule has 180 valence electrons. The van der Waals surface area contributed by atoms with Crippen LogP contribution in [0.25, 0.3) is 0 Å². The lowest BCUT2D eigenvalue weighted by molar-refractivity contribution is 0.100. The number of aliphatic hydroxyl groups is 2. The number of halogens is 2. The summed E-state index contributed by atoms with van der Waals surface area (Å²) < 4.78 is 5.50. The smallest absolute Gasteiger partial charge is 0.121 e. The summed E-state index contributed by atoms with van der Waals surface area (Å²) in [6, 6.07) is 17.4. The predicted octanol–water partition coefficient (Wildman–Crippen LogP) is 4.66. The Balaban J connectivity index is 1.55. The van der Waals surface area contributed by atoms with Crippen molar-refractivity contribution in [2.45, 2.75) is 19.1 Å². The van der Waals surface area contributed by atoms with Crippen molar-refractivity contribution in [1.82, 2.24) is 9.88 Å². The molecular weight excluding hydrogens is 473 g/mol. The number of benzene rings is 2. The lowest BCUT2D eigenvalue weighted by atomic mass is 10.0. The zero-order valence-electron chi connectivity index (χ0n) is 19.1. The molecule has 34 heavy (non-hydrogen) atoms. The Labute approximate surface area is 210 Å². The van der Waals surface area contributed by atoms with Gasteiger partial charge in [0.05, 0.1) is 29.5 Å². The molecule has 0 saturated carbocycles. The maximum atomic E-state index is 10.8. The average Bonchev–Trinajstić information content (AvgIpc) is 2.84. The standard InChI is InChI=1S/C26H29Cl2N3O3/c1-18-2-3-20(15-29-18)26(33)17-30-10-11-31(25(16-30)19-4-6-21(27)7-5-19)24-9-8-22(14-23(24)28)34-13-12-32/h2-9,14-15,25-26,32-33H,10-13,16-17H2,1H3/t25-,26+/m0/s1. The van der Waals surface area contributed by atoms with Gasteiger partial charge in [0.25, 0.3) is 0 Å². The number of β-amino-alcohol motifs (C(OH)–C–C–N with tert-alkyl or cyclic N) is 1. The van der Waals surface area contributed by atoms with Gasteiger partial charge < -0.3 is 19.8 Å². The van der Waals surface area contributed by atoms with E-state index < -0.39 is 6.10 Å². The molecule has 6 nitrogen and oxygen atoms in total. The number of rotatable bonds is 8. The number of nitrogens with zero attached hydrogens (tertiary/aromatic N) is 3. The molecule has 2 N–H and O–H groups in total. The minimum absolute atomic E-state index is 0.0241. The second-order valence-electron chi connectivity index (χ2n) is 8.45. The average molecular weight is 502 g/mol. The second-order valence-corrected chi connectivity index (χ2v) is 9.30. The quantitative estimate of drug-likeness (QED) is 0.467. The van der Waals surface area contributed by atoms with Crippen molar-refractivity contribution in [3.05, 3.63) is 87.7 Å². The lowest BCUT2D eigenvalue weighted by Crippen LogP contribution is -2.49. The van der Waals surface area contributed by atoms with E-state index in [1.807, 2.05) is 55.5 Å². The van der Waals surface area contributed by atoms with Crippen molar-refractivity contribution in [3.8, 4) is 5.75 Å². The molecule has 4 rings (SSSR count). The summed E-state index contributed by atoms with van der Waals surface area (Å²) >= 11 is 12.8. The molecule has 0 aliphatic carbocycles. The number of aliphatic hydroxyl groups excluding tert-OH is 2. The fourth-order valence-corrected chi connectivity index (χ4v) is 4.67. The SMILES string of the molecule is Cc1ccc([C@H](O)CN2CCN(c3ccc(OCCO)cc3Cl)[C@H](c3ccc(Cl)cc3)C2)cn1. The molecule has 0 bridgehead atoms. The van der Waals surface area contributed by atoms with Crippen LogP contribution in [0.15, 0.2) is 60.8 Å². The van der Waals surface area contributed by atoms with E-state index in [2.05, 4.69) is 14.8 Å². The van der Waals surface area contributed by atoms with Crippen LogP contribution in [-0.2, 0) is 0 Å². The summed E-state index contributed by atoms with van der Waals surface area (Å²) in [7, 11) is 0. The van der Waals surface area contributed by atoms with E-state index in [9.17, 15) is 5.11 Å². The lowest BCUT2D eigenvalue weighted by Gasteiger charge is -2.44. The fraction of sp³-hybridized carbons (Fsp3) is 0.346. The van der Waals surface area contributed by atoms with Gasteiger partial charge in [-0.05, 0) is 42.8 Å². The molecule has 2 atom stereocenters. The third kappa shape index (κ3) is 6.01. The van der Waals surface area contributed by atoms with E-state index in [0.717, 1.165) is 42.1 Å². The number of piperazine rings is 1. The predicted molar refractivity (Wildman–Crippen MR) is 136 cm³/mol. The van der Waals surface area contributed by atoms with Gasteiger partial charge >= 0.3 is 0 Å². The van der Waals surface area contributed by atoms with E-state index in [1.54, 1.807) is 12.3 Å². The summed E-state index contributed by atoms with van der Waals surface area (Å²) in [5, 5.41) is 21.1. The summed E-state index contributed by atoms with van der Waals surface area (Å²) in [4.78, 5) is 8.87. The maximum absolute atomic E-state index is 10.8. The maximum Gasteiger partial charge on any atom is 0.121 e. The first-order valence-electron chi connectivity index (χ1n) is 11.3. The molecule has 2 aromatic carbocycles. The number of pyridine rings is 1. The molecule has 1 aromatic heterocycles. The van der Waals surface area contributed by atoms with Gasteiger partial charge in [-0.1, -0.05) is 41.4 Å². The van der Waals surface area contributed by atoms with E-state index in [4.69, 9.17) is 33.0 Å². The summed E-state index contributed by atoms with van der Waals surface area (Å²) in [6.07, 6.45) is 1.13. The van der Waals surface area contributed by atoms with Crippen LogP contribution in [0.2, 0.25) is 10.0 Å². The summed E-state index contributed by atoms with van der Waals surface area (Å²) in [6.45, 7) is 4.86. The van der Waals surface area contributed by atoms with E-state index in [1.165, 1.54) is 0 Å². The molecule has 8 heteroatoms. The minimum atomic E-state index is -0.614. The second kappa shape index (κ2) is 11.4. The van der Waals surface area contributed by atoms with Crippen LogP contribution in [0.4, 0.5) is 5.69 Å². The van der Waals surface area contributed by atoms with Gasteiger partial charge in [0.15, 0.2) is 0 Å². The highest BCUT2D eigenvalue weighted by molar-refractivity contribution is 6.33. The number of aryl methyl sites for hydroxylation is 1. The number of hydrogen-bond acceptors (Lipinski definition) is 6. The van der Waals surface area contributed by atoms with Crippen LogP contribution in [0.3, 0.4) is 0 Å². The van der Waals surface area contributed by atoms with Gasteiger partial charge in [-0.15, -0.1) is 0 Å². The third-order valence-corrected chi connectivity index (χ3v) is 6.61. The Morgan fingerprint density at radius 1 is 1.09 bits per heavy atom. The monoisotopic (exact) mass is 501 g/mol. The van der Waals surface area contributed by atoms with Crippen molar-refractivity contribution in [2.75, 3.05) is 44.3 Å². The summed E-state index contributed by atoms with van der Waals surface area (Å²) in [5.41, 5.74) is 3.78. The largest absolute Gasteiger partial charge is 0.491 e. The van der Waals surface area contributed by atoms with Gasteiger partial charge in [0.2, 0.25) is 0 Å². The molecule has 2 heterocycles. The number of ether oxygens (including phenoxy) is 1. The third-order valence-electron chi connectivity index (χ3n) is 6.06. The molecule has 0 spiro atoms. The first-order chi connectivity index (χ1) is 16.4. The highest BCUT2D eigenvalue weighted by Crippen LogP contribution is 2.37. The molecule has 1 aliphatic rings. The zero-order valence-corrected chi connectivity index (χ0v) is 20.6. The van der Waals surface area contributed by atoms with Crippen molar-refractivity contribution in [1.29, 1.82) is 0 Å². The minimum Gasteiger partial charge on any atom is -0.491 e. The van der Waals surface area contributed by atoms with Crippen LogP contribution >= 0.6 is 23.2 Å². The normalized spacial score (nSPS) is 17.6. The van der Waals surface area contributed by atoms with Gasteiger partial charge in [-0.2, -0.15) is 0 Å². The summed E-state index contributed by atoms with van der Waals surface area (Å²) in [5.74, 6) is 0.624. The Bertz CT molecular complexity index is 1080. The molecule has 1 fully saturated rings. The van der Waals surface area contributed by atoms with E-state index in [-0.39, 0.29) is 19.3 Å². The van der Waals surface area contributed by atoms with Crippen LogP contribution in [0.1, 0.15) is 29.0 Å². The van der Waals surface area contributed by atoms with Crippen molar-refractivity contribution >= 4 is 28.9 Å². The highest BCUT2D eigenvalue weighted by Gasteiger charge is 2.31. The Morgan fingerprint density at radius 3 is 2.56 bits per heavy atom. The van der Waals surface area contributed by atoms with Crippen molar-refractivity contribution < 1.29 is 14.9 Å². The Morgan fingerprint density at radius 2 is 1.88 bits per heavy atom. The molecular formula is C26H29Cl2N3O3. The van der Waals surface area contributed by atoms with Crippen LogP contribution < -0.4 is 9.64 Å². The fourth-order valence-electron chi connectivity index (χ4n) is 4.26. The van der Waals surface area contributed by atoms with E-state index in [0.29, 0.717) is 22.3 Å². The Hall–Kier alpha value is -2.35. The first-order valence-corrected chi connectivity index (χ1v) is 12.1. The number of hydrogen-bond donors (Lipinski definition) is 2. The topological polar surface area (TPSA) is 69.1 Å². The van der Waals surface area contributed by atoms with Crippen molar-refractivity contribution in [3.63, 3.8) is 0 Å². The molecule has 0 unspecified atom stereocenters. The molecule has 1 aliphatic heterocycles. The Kier molecular flexibility index (Phi) is 8.29. The molecule has 0 radical (unpaired) electrons. The van der Waals surface area contributed by atoms with Gasteiger partial charge in [0, 0.05) is 54.7 Å².